The largest absolute Gasteiger partial charge is 0.494 e. The van der Waals surface area contributed by atoms with Crippen LogP contribution in [0.4, 0.5) is 13.2 Å². The lowest BCUT2D eigenvalue weighted by molar-refractivity contribution is -0.169. The number of fused-ring (bicyclic) bond motifs is 5. The summed E-state index contributed by atoms with van der Waals surface area (Å²) in [6.07, 6.45) is -3.79. The molecule has 2 bridgehead atoms. The van der Waals surface area contributed by atoms with E-state index in [1.165, 1.54) is 30.3 Å². The van der Waals surface area contributed by atoms with Gasteiger partial charge in [-0.1, -0.05) is 0 Å². The van der Waals surface area contributed by atoms with Crippen LogP contribution in [0.3, 0.4) is 0 Å². The van der Waals surface area contributed by atoms with Crippen LogP contribution in [0.1, 0.15) is 36.1 Å². The van der Waals surface area contributed by atoms with Crippen molar-refractivity contribution in [2.24, 2.45) is 0 Å². The first-order valence-corrected chi connectivity index (χ1v) is 10.9. The van der Waals surface area contributed by atoms with Crippen molar-refractivity contribution in [2.75, 3.05) is 19.3 Å². The highest BCUT2D eigenvalue weighted by atomic mass is 32.2. The lowest BCUT2D eigenvalue weighted by Crippen LogP contribution is -2.53. The molecule has 8 nitrogen and oxygen atoms in total. The van der Waals surface area contributed by atoms with Gasteiger partial charge in [0.15, 0.2) is 0 Å². The van der Waals surface area contributed by atoms with Gasteiger partial charge in [0.2, 0.25) is 21.8 Å². The molecule has 0 radical (unpaired) electrons. The van der Waals surface area contributed by atoms with Gasteiger partial charge in [0.25, 0.3) is 0 Å². The Morgan fingerprint density at radius 3 is 2.06 bits per heavy atom. The van der Waals surface area contributed by atoms with Gasteiger partial charge in [-0.05, 0) is 32.0 Å². The number of aromatic nitrogens is 1. The summed E-state index contributed by atoms with van der Waals surface area (Å²) in [4.78, 5) is 0. The zero-order valence-electron chi connectivity index (χ0n) is 16.6. The molecular weight excluding hydrogens is 439 g/mol. The molecule has 2 aliphatic heterocycles. The molecule has 1 saturated heterocycles. The van der Waals surface area contributed by atoms with E-state index >= 15 is 0 Å². The first-order valence-electron chi connectivity index (χ1n) is 9.07. The van der Waals surface area contributed by atoms with Crippen LogP contribution in [0.25, 0.3) is 5.69 Å². The van der Waals surface area contributed by atoms with Crippen LogP contribution in [0.5, 0.6) is 11.8 Å². The molecule has 12 heteroatoms. The van der Waals surface area contributed by atoms with Crippen molar-refractivity contribution in [1.82, 2.24) is 8.87 Å². The number of rotatable bonds is 2. The second-order valence-corrected chi connectivity index (χ2v) is 10.1. The molecule has 3 heterocycles. The summed E-state index contributed by atoms with van der Waals surface area (Å²) in [7, 11) is -3.61. The van der Waals surface area contributed by atoms with Gasteiger partial charge in [-0.25, -0.2) is 8.42 Å². The van der Waals surface area contributed by atoms with Crippen molar-refractivity contribution in [3.8, 4) is 23.5 Å². The van der Waals surface area contributed by atoms with Gasteiger partial charge >= 0.3 is 6.18 Å². The SMILES string of the molecule is CC12CN(S(C)(=O)=O)CC(C)(O1)c1c2c(O)n(-c2ccc(C#N)c(C(F)(F)F)c2)c1O. The molecule has 31 heavy (non-hydrogen) atoms. The molecule has 0 spiro atoms. The Bertz CT molecular complexity index is 1220. The second kappa shape index (κ2) is 6.15. The highest BCUT2D eigenvalue weighted by Crippen LogP contribution is 2.59. The summed E-state index contributed by atoms with van der Waals surface area (Å²) >= 11 is 0. The Morgan fingerprint density at radius 2 is 1.65 bits per heavy atom. The van der Waals surface area contributed by atoms with Crippen molar-refractivity contribution < 1.29 is 36.5 Å². The van der Waals surface area contributed by atoms with Gasteiger partial charge in [-0.2, -0.15) is 22.7 Å². The third kappa shape index (κ3) is 2.99. The molecule has 0 aliphatic carbocycles. The smallest absolute Gasteiger partial charge is 0.417 e. The fraction of sp³-hybridized carbons (Fsp3) is 0.421. The van der Waals surface area contributed by atoms with Crippen LogP contribution in [-0.4, -0.2) is 46.8 Å². The predicted octanol–water partition coefficient (Wildman–Crippen LogP) is 2.51. The third-order valence-electron chi connectivity index (χ3n) is 5.74. The molecule has 2 atom stereocenters. The fourth-order valence-corrected chi connectivity index (χ4v) is 5.54. The standard InChI is InChI=1S/C19H18F3N3O5S/c1-17-8-24(31(3,28)29)9-18(2,30-17)14-13(17)15(26)25(16(14)27)11-5-4-10(7-23)12(6-11)19(20,21)22/h4-6,26-27H,8-9H2,1-3H3. The maximum absolute atomic E-state index is 13.4. The van der Waals surface area contributed by atoms with E-state index in [1.807, 2.05) is 0 Å². The molecule has 4 rings (SSSR count). The van der Waals surface area contributed by atoms with Crippen LogP contribution in [-0.2, 0) is 32.1 Å². The average molecular weight is 457 g/mol. The van der Waals surface area contributed by atoms with Crippen LogP contribution >= 0.6 is 0 Å². The zero-order chi connectivity index (χ0) is 23.1. The molecule has 2 aliphatic rings. The Hall–Kier alpha value is -2.75. The number of hydrogen-bond donors (Lipinski definition) is 2. The topological polar surface area (TPSA) is 116 Å². The van der Waals surface area contributed by atoms with E-state index < -0.39 is 50.3 Å². The highest BCUT2D eigenvalue weighted by molar-refractivity contribution is 7.88. The first-order chi connectivity index (χ1) is 14.1. The number of benzene rings is 1. The molecule has 166 valence electrons. The van der Waals surface area contributed by atoms with Crippen molar-refractivity contribution in [3.63, 3.8) is 0 Å². The Morgan fingerprint density at radius 1 is 1.13 bits per heavy atom. The van der Waals surface area contributed by atoms with Gasteiger partial charge in [0, 0.05) is 13.1 Å². The third-order valence-corrected chi connectivity index (χ3v) is 6.94. The predicted molar refractivity (Wildman–Crippen MR) is 101 cm³/mol. The van der Waals surface area contributed by atoms with Crippen LogP contribution in [0.15, 0.2) is 18.2 Å². The molecule has 2 aromatic rings. The summed E-state index contributed by atoms with van der Waals surface area (Å²) in [5.41, 5.74) is -4.47. The normalized spacial score (nSPS) is 26.0. The van der Waals surface area contributed by atoms with Gasteiger partial charge < -0.3 is 14.9 Å². The number of nitriles is 1. The van der Waals surface area contributed by atoms with E-state index in [4.69, 9.17) is 10.00 Å². The van der Waals surface area contributed by atoms with E-state index in [9.17, 15) is 31.8 Å². The van der Waals surface area contributed by atoms with Gasteiger partial charge in [0.05, 0.1) is 40.3 Å². The molecule has 2 N–H and O–H groups in total. The van der Waals surface area contributed by atoms with E-state index in [0.717, 1.165) is 16.9 Å². The first kappa shape index (κ1) is 21.5. The van der Waals surface area contributed by atoms with Gasteiger partial charge in [-0.3, -0.25) is 4.57 Å². The number of alkyl halides is 3. The van der Waals surface area contributed by atoms with Crippen LogP contribution < -0.4 is 0 Å². The van der Waals surface area contributed by atoms with Crippen molar-refractivity contribution >= 4 is 10.0 Å². The number of sulfonamides is 1. The zero-order valence-corrected chi connectivity index (χ0v) is 17.5. The summed E-state index contributed by atoms with van der Waals surface area (Å²) < 4.78 is 72.4. The van der Waals surface area contributed by atoms with Crippen LogP contribution in [0, 0.1) is 11.3 Å². The van der Waals surface area contributed by atoms with Crippen LogP contribution in [0.2, 0.25) is 0 Å². The maximum atomic E-state index is 13.4. The minimum Gasteiger partial charge on any atom is -0.494 e. The Kier molecular flexibility index (Phi) is 4.26. The maximum Gasteiger partial charge on any atom is 0.417 e. The molecule has 1 fully saturated rings. The Balaban J connectivity index is 1.94. The monoisotopic (exact) mass is 457 g/mol. The summed E-state index contributed by atoms with van der Waals surface area (Å²) in [6.45, 7) is 2.79. The molecule has 0 amide bonds. The molecule has 2 unspecified atom stereocenters. The number of ether oxygens (including phenoxy) is 1. The summed E-state index contributed by atoms with van der Waals surface area (Å²) in [6, 6.07) is 4.27. The van der Waals surface area contributed by atoms with Crippen molar-refractivity contribution in [3.05, 3.63) is 40.5 Å². The minimum atomic E-state index is -4.82. The van der Waals surface area contributed by atoms with E-state index in [-0.39, 0.29) is 29.9 Å². The highest BCUT2D eigenvalue weighted by Gasteiger charge is 2.60. The quantitative estimate of drug-likeness (QED) is 0.716. The number of nitrogens with zero attached hydrogens (tertiary/aromatic N) is 3. The lowest BCUT2D eigenvalue weighted by atomic mass is 9.94. The summed E-state index contributed by atoms with van der Waals surface area (Å²) in [5, 5.41) is 30.8. The fourth-order valence-electron chi connectivity index (χ4n) is 4.58. The van der Waals surface area contributed by atoms with E-state index in [1.54, 1.807) is 0 Å². The number of morpholine rings is 1. The second-order valence-electron chi connectivity index (χ2n) is 8.17. The molecular formula is C19H18F3N3O5S. The van der Waals surface area contributed by atoms with Crippen molar-refractivity contribution in [1.29, 1.82) is 5.26 Å². The van der Waals surface area contributed by atoms with E-state index in [0.29, 0.717) is 6.07 Å². The molecule has 0 saturated carbocycles. The van der Waals surface area contributed by atoms with E-state index in [2.05, 4.69) is 0 Å². The number of halogens is 3. The molecule has 1 aromatic heterocycles. The van der Waals surface area contributed by atoms with Crippen molar-refractivity contribution in [2.45, 2.75) is 31.2 Å². The van der Waals surface area contributed by atoms with Gasteiger partial charge in [0.1, 0.15) is 11.2 Å². The number of aromatic hydroxyl groups is 2. The molecule has 1 aromatic carbocycles. The van der Waals surface area contributed by atoms with Gasteiger partial charge in [-0.15, -0.1) is 0 Å². The Labute approximate surface area is 175 Å². The number of hydrogen-bond acceptors (Lipinski definition) is 6. The summed E-state index contributed by atoms with van der Waals surface area (Å²) in [5.74, 6) is -1.13. The average Bonchev–Trinajstić information content (AvgIpc) is 2.99. The minimum absolute atomic E-state index is 0.108. The lowest BCUT2D eigenvalue weighted by Gasteiger charge is -2.42.